The predicted molar refractivity (Wildman–Crippen MR) is 116 cm³/mol. The van der Waals surface area contributed by atoms with E-state index in [1.807, 2.05) is 24.1 Å². The van der Waals surface area contributed by atoms with Gasteiger partial charge in [0.2, 0.25) is 0 Å². The summed E-state index contributed by atoms with van der Waals surface area (Å²) in [6.07, 6.45) is 12.7. The molecule has 2 aromatic rings. The van der Waals surface area contributed by atoms with Crippen molar-refractivity contribution < 1.29 is 9.88 Å². The Morgan fingerprint density at radius 2 is 2.04 bits per heavy atom. The Balaban J connectivity index is 1.87. The normalized spacial score (nSPS) is 12.4. The second kappa shape index (κ2) is 11.0. The van der Waals surface area contributed by atoms with E-state index in [2.05, 4.69) is 96.8 Å². The molecule has 0 spiro atoms. The lowest BCUT2D eigenvalue weighted by Gasteiger charge is -2.18. The van der Waals surface area contributed by atoms with Crippen molar-refractivity contribution in [2.24, 2.45) is 7.05 Å². The molecular weight excluding hydrogens is 358 g/mol. The summed E-state index contributed by atoms with van der Waals surface area (Å²) in [5, 5.41) is 4.17. The van der Waals surface area contributed by atoms with E-state index in [4.69, 9.17) is 0 Å². The number of nitrogens with zero attached hydrogens (tertiary/aromatic N) is 2. The summed E-state index contributed by atoms with van der Waals surface area (Å²) in [6.45, 7) is 3.09. The van der Waals surface area contributed by atoms with Crippen LogP contribution in [0.5, 0.6) is 0 Å². The number of quaternary nitrogens is 1. The van der Waals surface area contributed by atoms with Gasteiger partial charge >= 0.3 is 0 Å². The van der Waals surface area contributed by atoms with E-state index < -0.39 is 0 Å². The molecule has 0 aliphatic rings. The van der Waals surface area contributed by atoms with Crippen molar-refractivity contribution >= 4 is 34.9 Å². The van der Waals surface area contributed by atoms with Gasteiger partial charge in [-0.15, -0.1) is 0 Å². The molecule has 2 N–H and O–H groups in total. The molecule has 0 radical (unpaired) electrons. The largest absolute Gasteiger partial charge is 0.374 e. The summed E-state index contributed by atoms with van der Waals surface area (Å²) < 4.78 is 3.54. The lowest BCUT2D eigenvalue weighted by atomic mass is 10.1. The summed E-state index contributed by atoms with van der Waals surface area (Å²) in [5.41, 5.74) is 3.68. The van der Waals surface area contributed by atoms with Crippen LogP contribution in [-0.2, 0) is 7.05 Å². The fourth-order valence-electron chi connectivity index (χ4n) is 2.35. The zero-order chi connectivity index (χ0) is 18.8. The molecule has 3 nitrogen and oxygen atoms in total. The third-order valence-corrected chi connectivity index (χ3v) is 6.32. The molecule has 0 fully saturated rings. The first kappa shape index (κ1) is 20.5. The van der Waals surface area contributed by atoms with Crippen molar-refractivity contribution in [2.45, 2.75) is 11.3 Å². The molecule has 5 heteroatoms. The first-order chi connectivity index (χ1) is 12.6. The fourth-order valence-corrected chi connectivity index (χ4v) is 4.43. The van der Waals surface area contributed by atoms with Gasteiger partial charge in [0.05, 0.1) is 18.6 Å². The van der Waals surface area contributed by atoms with Crippen LogP contribution in [0.3, 0.4) is 0 Å². The van der Waals surface area contributed by atoms with Crippen molar-refractivity contribution in [1.82, 2.24) is 0 Å². The third kappa shape index (κ3) is 6.48. The molecule has 0 saturated carbocycles. The van der Waals surface area contributed by atoms with Crippen LogP contribution >= 0.6 is 23.1 Å². The van der Waals surface area contributed by atoms with E-state index in [0.717, 1.165) is 12.3 Å². The summed E-state index contributed by atoms with van der Waals surface area (Å²) in [7, 11) is 6.29. The number of aromatic nitrogens is 1. The molecule has 0 aliphatic heterocycles. The van der Waals surface area contributed by atoms with Crippen LogP contribution in [-0.4, -0.2) is 26.4 Å². The highest BCUT2D eigenvalue weighted by Gasteiger charge is 2.09. The van der Waals surface area contributed by atoms with Crippen molar-refractivity contribution in [1.29, 1.82) is 0 Å². The van der Waals surface area contributed by atoms with E-state index in [9.17, 15) is 0 Å². The summed E-state index contributed by atoms with van der Waals surface area (Å²) in [6, 6.07) is 8.75. The van der Waals surface area contributed by atoms with E-state index in [1.54, 1.807) is 11.3 Å². The van der Waals surface area contributed by atoms with Gasteiger partial charge in [-0.05, 0) is 48.0 Å². The number of aryl methyl sites for hydroxylation is 1. The second-order valence-electron chi connectivity index (χ2n) is 5.96. The standard InChI is InChI=1S/C21H28N3S2/c1-5-18(12-13-22-2)6-7-19-8-10-20(11-9-19)23(3)14-16-25-21-24(4)15-17-26-21/h5-13,15,17,22H,14,16H2,1-4H3/q+1/p+1/b7-6+,13-12-,18-5-. The van der Waals surface area contributed by atoms with Gasteiger partial charge in [-0.1, -0.05) is 41.7 Å². The molecule has 1 heterocycles. The maximum absolute atomic E-state index is 2.31. The van der Waals surface area contributed by atoms with Crippen LogP contribution in [0, 0.1) is 0 Å². The number of thioether (sulfide) groups is 1. The Morgan fingerprint density at radius 1 is 1.27 bits per heavy atom. The third-order valence-electron chi connectivity index (χ3n) is 4.01. The molecule has 0 saturated heterocycles. The average Bonchev–Trinajstić information content (AvgIpc) is 3.07. The maximum Gasteiger partial charge on any atom is 0.297 e. The Hall–Kier alpha value is -1.82. The number of hydrogen-bond donors (Lipinski definition) is 1. The quantitative estimate of drug-likeness (QED) is 0.405. The smallest absolute Gasteiger partial charge is 0.297 e. The molecule has 0 amide bonds. The molecule has 0 bridgehead atoms. The number of hydrogen-bond acceptors (Lipinski definition) is 3. The number of rotatable bonds is 9. The second-order valence-corrected chi connectivity index (χ2v) is 8.19. The number of thiazole rings is 1. The Labute approximate surface area is 165 Å². The summed E-state index contributed by atoms with van der Waals surface area (Å²) in [5.74, 6) is 1.08. The van der Waals surface area contributed by atoms with Crippen molar-refractivity contribution in [3.63, 3.8) is 0 Å². The van der Waals surface area contributed by atoms with Crippen LogP contribution in [0.25, 0.3) is 6.08 Å². The van der Waals surface area contributed by atoms with Gasteiger partial charge in [-0.3, -0.25) is 0 Å². The number of nitrogens with two attached hydrogens (primary N) is 1. The minimum atomic E-state index is 1.03. The minimum absolute atomic E-state index is 1.03. The van der Waals surface area contributed by atoms with Crippen molar-refractivity contribution in [3.8, 4) is 0 Å². The molecular formula is C21H29N3S2+2. The van der Waals surface area contributed by atoms with E-state index in [1.165, 1.54) is 21.2 Å². The number of benzene rings is 1. The van der Waals surface area contributed by atoms with Gasteiger partial charge in [-0.2, -0.15) is 4.57 Å². The number of allylic oxidation sites excluding steroid dienone is 4. The van der Waals surface area contributed by atoms with Crippen LogP contribution in [0.15, 0.2) is 70.2 Å². The molecule has 2 rings (SSSR count). The first-order valence-electron chi connectivity index (χ1n) is 8.81. The number of anilines is 1. The van der Waals surface area contributed by atoms with Gasteiger partial charge in [0, 0.05) is 25.0 Å². The van der Waals surface area contributed by atoms with Crippen LogP contribution in [0.4, 0.5) is 5.69 Å². The molecule has 0 aliphatic carbocycles. The zero-order valence-electron chi connectivity index (χ0n) is 16.1. The molecule has 26 heavy (non-hydrogen) atoms. The zero-order valence-corrected chi connectivity index (χ0v) is 17.7. The van der Waals surface area contributed by atoms with E-state index in [-0.39, 0.29) is 0 Å². The Kier molecular flexibility index (Phi) is 8.68. The van der Waals surface area contributed by atoms with Crippen molar-refractivity contribution in [2.75, 3.05) is 31.3 Å². The lowest BCUT2D eigenvalue weighted by Crippen LogP contribution is -2.72. The lowest BCUT2D eigenvalue weighted by molar-refractivity contribution is -0.702. The monoisotopic (exact) mass is 387 g/mol. The topological polar surface area (TPSA) is 23.7 Å². The van der Waals surface area contributed by atoms with E-state index >= 15 is 0 Å². The molecule has 0 atom stereocenters. The van der Waals surface area contributed by atoms with Gasteiger partial charge in [0.25, 0.3) is 4.34 Å². The summed E-state index contributed by atoms with van der Waals surface area (Å²) in [4.78, 5) is 2.31. The Bertz CT molecular complexity index is 758. The highest BCUT2D eigenvalue weighted by Crippen LogP contribution is 2.20. The van der Waals surface area contributed by atoms with Crippen LogP contribution in [0.2, 0.25) is 0 Å². The maximum atomic E-state index is 2.31. The van der Waals surface area contributed by atoms with Crippen molar-refractivity contribution in [3.05, 3.63) is 71.4 Å². The fraction of sp³-hybridized carbons (Fsp3) is 0.286. The summed E-state index contributed by atoms with van der Waals surface area (Å²) >= 11 is 3.72. The molecule has 138 valence electrons. The highest BCUT2D eigenvalue weighted by molar-refractivity contribution is 8.00. The molecule has 0 unspecified atom stereocenters. The highest BCUT2D eigenvalue weighted by atomic mass is 32.2. The average molecular weight is 388 g/mol. The minimum Gasteiger partial charge on any atom is -0.374 e. The van der Waals surface area contributed by atoms with Crippen LogP contribution in [0.1, 0.15) is 12.5 Å². The molecule has 1 aromatic heterocycles. The Morgan fingerprint density at radius 3 is 2.65 bits per heavy atom. The van der Waals surface area contributed by atoms with Gasteiger partial charge in [0.1, 0.15) is 7.05 Å². The SMILES string of the molecule is C/C=C(\C=C/[NH2+]C)/C=C/c1ccc(N(C)CCSc2scc[n+]2C)cc1. The first-order valence-corrected chi connectivity index (χ1v) is 10.7. The van der Waals surface area contributed by atoms with Gasteiger partial charge < -0.3 is 10.2 Å². The predicted octanol–water partition coefficient (Wildman–Crippen LogP) is 3.47. The molecule has 1 aromatic carbocycles. The van der Waals surface area contributed by atoms with E-state index in [0.29, 0.717) is 0 Å². The van der Waals surface area contributed by atoms with Gasteiger partial charge in [0.15, 0.2) is 6.20 Å². The van der Waals surface area contributed by atoms with Crippen LogP contribution < -0.4 is 14.8 Å². The van der Waals surface area contributed by atoms with Gasteiger partial charge in [-0.25, -0.2) is 0 Å².